The maximum Gasteiger partial charge on any atom is 0.220 e. The molecule has 1 unspecified atom stereocenters. The molecule has 2 N–H and O–H groups in total. The van der Waals surface area contributed by atoms with Crippen LogP contribution in [-0.4, -0.2) is 28.5 Å². The lowest BCUT2D eigenvalue weighted by Gasteiger charge is -2.23. The quantitative estimate of drug-likeness (QED) is 0.842. The second-order valence-electron chi connectivity index (χ2n) is 4.04. The van der Waals surface area contributed by atoms with Crippen molar-refractivity contribution in [2.24, 2.45) is 0 Å². The number of hydrogen-bond acceptors (Lipinski definition) is 5. The fraction of sp³-hybridized carbons (Fsp3) is 0.364. The molecule has 0 spiro atoms. The van der Waals surface area contributed by atoms with Gasteiger partial charge in [-0.3, -0.25) is 4.79 Å². The van der Waals surface area contributed by atoms with E-state index in [9.17, 15) is 4.79 Å². The number of piperidine rings is 1. The first-order valence-corrected chi connectivity index (χ1v) is 6.42. The van der Waals surface area contributed by atoms with E-state index < -0.39 is 0 Å². The van der Waals surface area contributed by atoms with Gasteiger partial charge < -0.3 is 10.6 Å². The smallest absolute Gasteiger partial charge is 0.220 e. The van der Waals surface area contributed by atoms with Crippen molar-refractivity contribution in [3.63, 3.8) is 0 Å². The lowest BCUT2D eigenvalue weighted by molar-refractivity contribution is -0.122. The SMILES string of the molecule is O=C1CCC(Nc2ncnc3ccsc23)CN1. The van der Waals surface area contributed by atoms with Crippen LogP contribution in [0.1, 0.15) is 12.8 Å². The molecule has 3 heterocycles. The number of anilines is 1. The Morgan fingerprint density at radius 2 is 2.41 bits per heavy atom. The van der Waals surface area contributed by atoms with Crippen molar-refractivity contribution in [3.05, 3.63) is 17.8 Å². The molecule has 1 atom stereocenters. The summed E-state index contributed by atoms with van der Waals surface area (Å²) in [7, 11) is 0. The molecular formula is C11H12N4OS. The van der Waals surface area contributed by atoms with Gasteiger partial charge in [0, 0.05) is 19.0 Å². The summed E-state index contributed by atoms with van der Waals surface area (Å²) in [5, 5.41) is 8.24. The van der Waals surface area contributed by atoms with Crippen LogP contribution in [0, 0.1) is 0 Å². The Hall–Kier alpha value is -1.69. The van der Waals surface area contributed by atoms with Gasteiger partial charge in [0.15, 0.2) is 0 Å². The highest BCUT2D eigenvalue weighted by Gasteiger charge is 2.18. The number of rotatable bonds is 2. The highest BCUT2D eigenvalue weighted by atomic mass is 32.1. The van der Waals surface area contributed by atoms with Gasteiger partial charge in [-0.2, -0.15) is 0 Å². The average molecular weight is 248 g/mol. The number of fused-ring (bicyclic) bond motifs is 1. The van der Waals surface area contributed by atoms with Crippen molar-refractivity contribution in [3.8, 4) is 0 Å². The van der Waals surface area contributed by atoms with Crippen molar-refractivity contribution in [1.29, 1.82) is 0 Å². The third-order valence-electron chi connectivity index (χ3n) is 2.85. The van der Waals surface area contributed by atoms with Gasteiger partial charge in [-0.15, -0.1) is 11.3 Å². The predicted octanol–water partition coefficient (Wildman–Crippen LogP) is 1.38. The fourth-order valence-electron chi connectivity index (χ4n) is 1.94. The molecule has 88 valence electrons. The first-order chi connectivity index (χ1) is 8.33. The number of aromatic nitrogens is 2. The molecule has 0 aliphatic carbocycles. The summed E-state index contributed by atoms with van der Waals surface area (Å²) in [5.41, 5.74) is 0.965. The van der Waals surface area contributed by atoms with Gasteiger partial charge >= 0.3 is 0 Å². The number of carbonyl (C=O) groups excluding carboxylic acids is 1. The van der Waals surface area contributed by atoms with Crippen LogP contribution in [-0.2, 0) is 4.79 Å². The molecule has 1 fully saturated rings. The molecule has 0 bridgehead atoms. The van der Waals surface area contributed by atoms with Crippen molar-refractivity contribution >= 4 is 33.3 Å². The molecule has 0 radical (unpaired) electrons. The Morgan fingerprint density at radius 3 is 3.24 bits per heavy atom. The van der Waals surface area contributed by atoms with E-state index in [2.05, 4.69) is 20.6 Å². The Morgan fingerprint density at radius 1 is 1.47 bits per heavy atom. The first-order valence-electron chi connectivity index (χ1n) is 5.54. The summed E-state index contributed by atoms with van der Waals surface area (Å²) in [4.78, 5) is 19.5. The highest BCUT2D eigenvalue weighted by molar-refractivity contribution is 7.17. The number of hydrogen-bond donors (Lipinski definition) is 2. The highest BCUT2D eigenvalue weighted by Crippen LogP contribution is 2.25. The summed E-state index contributed by atoms with van der Waals surface area (Å²) in [5.74, 6) is 0.998. The van der Waals surface area contributed by atoms with Crippen molar-refractivity contribution < 1.29 is 4.79 Å². The third kappa shape index (κ3) is 2.08. The molecule has 1 amide bonds. The van der Waals surface area contributed by atoms with Crippen molar-refractivity contribution in [2.45, 2.75) is 18.9 Å². The Kier molecular flexibility index (Phi) is 2.64. The Balaban J connectivity index is 1.80. The van der Waals surface area contributed by atoms with Crippen LogP contribution in [0.4, 0.5) is 5.82 Å². The van der Waals surface area contributed by atoms with Gasteiger partial charge in [-0.25, -0.2) is 9.97 Å². The van der Waals surface area contributed by atoms with Gasteiger partial charge in [-0.05, 0) is 17.9 Å². The first kappa shape index (κ1) is 10.5. The monoisotopic (exact) mass is 248 g/mol. The zero-order valence-electron chi connectivity index (χ0n) is 9.14. The summed E-state index contributed by atoms with van der Waals surface area (Å²) < 4.78 is 1.07. The van der Waals surface area contributed by atoms with Crippen LogP contribution in [0.25, 0.3) is 10.2 Å². The molecule has 2 aromatic heterocycles. The molecule has 1 aliphatic rings. The zero-order valence-corrected chi connectivity index (χ0v) is 9.96. The number of thiophene rings is 1. The molecule has 2 aromatic rings. The van der Waals surface area contributed by atoms with E-state index in [0.29, 0.717) is 13.0 Å². The van der Waals surface area contributed by atoms with Crippen molar-refractivity contribution in [1.82, 2.24) is 15.3 Å². The second kappa shape index (κ2) is 4.29. The lowest BCUT2D eigenvalue weighted by atomic mass is 10.1. The zero-order chi connectivity index (χ0) is 11.7. The molecule has 1 saturated heterocycles. The lowest BCUT2D eigenvalue weighted by Crippen LogP contribution is -2.42. The van der Waals surface area contributed by atoms with E-state index >= 15 is 0 Å². The Bertz CT molecular complexity index is 543. The largest absolute Gasteiger partial charge is 0.364 e. The average Bonchev–Trinajstić information content (AvgIpc) is 2.81. The standard InChI is InChI=1S/C11H12N4OS/c16-9-2-1-7(5-12-9)15-11-10-8(3-4-17-10)13-6-14-11/h3-4,6-7H,1-2,5H2,(H,12,16)(H,13,14,15). The number of amides is 1. The minimum absolute atomic E-state index is 0.131. The maximum atomic E-state index is 11.1. The van der Waals surface area contributed by atoms with Crippen LogP contribution < -0.4 is 10.6 Å². The van der Waals surface area contributed by atoms with Gasteiger partial charge in [0.25, 0.3) is 0 Å². The summed E-state index contributed by atoms with van der Waals surface area (Å²) in [6, 6.07) is 2.24. The van der Waals surface area contributed by atoms with E-state index in [-0.39, 0.29) is 11.9 Å². The van der Waals surface area contributed by atoms with E-state index in [0.717, 1.165) is 22.5 Å². The molecule has 5 nitrogen and oxygen atoms in total. The van der Waals surface area contributed by atoms with Crippen LogP contribution in [0.2, 0.25) is 0 Å². The number of carbonyl (C=O) groups is 1. The maximum absolute atomic E-state index is 11.1. The van der Waals surface area contributed by atoms with Gasteiger partial charge in [0.05, 0.1) is 10.2 Å². The van der Waals surface area contributed by atoms with E-state index in [1.165, 1.54) is 0 Å². The summed E-state index contributed by atoms with van der Waals surface area (Å²) in [6.07, 6.45) is 3.00. The minimum atomic E-state index is 0.131. The predicted molar refractivity (Wildman–Crippen MR) is 67.1 cm³/mol. The normalized spacial score (nSPS) is 20.2. The van der Waals surface area contributed by atoms with E-state index in [1.54, 1.807) is 17.7 Å². The molecule has 17 heavy (non-hydrogen) atoms. The molecular weight excluding hydrogens is 236 g/mol. The summed E-state index contributed by atoms with van der Waals surface area (Å²) >= 11 is 1.63. The van der Waals surface area contributed by atoms with Crippen molar-refractivity contribution in [2.75, 3.05) is 11.9 Å². The van der Waals surface area contributed by atoms with Gasteiger partial charge in [0.1, 0.15) is 12.1 Å². The Labute approximate surface area is 102 Å². The van der Waals surface area contributed by atoms with Crippen LogP contribution in [0.5, 0.6) is 0 Å². The topological polar surface area (TPSA) is 66.9 Å². The van der Waals surface area contributed by atoms with Gasteiger partial charge in [0.2, 0.25) is 5.91 Å². The molecule has 1 aliphatic heterocycles. The molecule has 0 saturated carbocycles. The number of nitrogens with zero attached hydrogens (tertiary/aromatic N) is 2. The molecule has 0 aromatic carbocycles. The van der Waals surface area contributed by atoms with Crippen LogP contribution in [0.3, 0.4) is 0 Å². The molecule has 6 heteroatoms. The van der Waals surface area contributed by atoms with E-state index in [4.69, 9.17) is 0 Å². The van der Waals surface area contributed by atoms with E-state index in [1.807, 2.05) is 11.4 Å². The number of nitrogens with one attached hydrogen (secondary N) is 2. The summed E-state index contributed by atoms with van der Waals surface area (Å²) in [6.45, 7) is 0.662. The van der Waals surface area contributed by atoms with Gasteiger partial charge in [-0.1, -0.05) is 0 Å². The van der Waals surface area contributed by atoms with Crippen LogP contribution in [0.15, 0.2) is 17.8 Å². The second-order valence-corrected chi connectivity index (χ2v) is 4.96. The minimum Gasteiger partial charge on any atom is -0.364 e. The fourth-order valence-corrected chi connectivity index (χ4v) is 2.74. The molecule has 3 rings (SSSR count). The van der Waals surface area contributed by atoms with Crippen LogP contribution >= 0.6 is 11.3 Å². The third-order valence-corrected chi connectivity index (χ3v) is 3.76.